The number of aryl methyl sites for hydroxylation is 1. The number of amides is 2. The van der Waals surface area contributed by atoms with Gasteiger partial charge in [0.15, 0.2) is 0 Å². The average molecular weight is 360 g/mol. The van der Waals surface area contributed by atoms with Crippen molar-refractivity contribution in [1.29, 1.82) is 0 Å². The van der Waals surface area contributed by atoms with Gasteiger partial charge < -0.3 is 20.5 Å². The van der Waals surface area contributed by atoms with E-state index in [2.05, 4.69) is 5.32 Å². The number of carbonyl (C=O) groups excluding carboxylic acids is 2. The van der Waals surface area contributed by atoms with Crippen molar-refractivity contribution in [3.63, 3.8) is 0 Å². The van der Waals surface area contributed by atoms with Crippen LogP contribution in [-0.2, 0) is 17.6 Å². The van der Waals surface area contributed by atoms with Crippen LogP contribution in [-0.4, -0.2) is 26.0 Å². The summed E-state index contributed by atoms with van der Waals surface area (Å²) in [6.45, 7) is 1.41. The van der Waals surface area contributed by atoms with E-state index in [1.165, 1.54) is 18.3 Å². The smallest absolute Gasteiger partial charge is 0.252 e. The molecule has 2 aromatic rings. The van der Waals surface area contributed by atoms with Gasteiger partial charge in [-0.2, -0.15) is 0 Å². The average Bonchev–Trinajstić information content (AvgIpc) is 2.81. The SMILES string of the molecule is COc1cc2c(c(OC)c1)-c1sc(NC(C)=O)c(C(N)=O)c1CCC2. The molecule has 132 valence electrons. The second-order valence-electron chi connectivity index (χ2n) is 5.88. The van der Waals surface area contributed by atoms with Gasteiger partial charge in [0, 0.05) is 23.4 Å². The molecule has 7 heteroatoms. The van der Waals surface area contributed by atoms with Gasteiger partial charge in [0.1, 0.15) is 16.5 Å². The quantitative estimate of drug-likeness (QED) is 0.877. The van der Waals surface area contributed by atoms with Crippen LogP contribution in [0.5, 0.6) is 11.5 Å². The van der Waals surface area contributed by atoms with Gasteiger partial charge in [-0.3, -0.25) is 9.59 Å². The number of hydrogen-bond acceptors (Lipinski definition) is 5. The minimum absolute atomic E-state index is 0.235. The minimum atomic E-state index is -0.530. The Hall–Kier alpha value is -2.54. The number of carbonyl (C=O) groups is 2. The fourth-order valence-corrected chi connectivity index (χ4v) is 4.63. The zero-order valence-corrected chi connectivity index (χ0v) is 15.2. The molecule has 1 aromatic heterocycles. The Morgan fingerprint density at radius 3 is 2.56 bits per heavy atom. The van der Waals surface area contributed by atoms with Crippen LogP contribution in [0, 0.1) is 0 Å². The zero-order chi connectivity index (χ0) is 18.1. The predicted molar refractivity (Wildman–Crippen MR) is 97.7 cm³/mol. The summed E-state index contributed by atoms with van der Waals surface area (Å²) in [5, 5.41) is 3.23. The van der Waals surface area contributed by atoms with Gasteiger partial charge in [0.25, 0.3) is 5.91 Å². The van der Waals surface area contributed by atoms with Crippen LogP contribution in [0.4, 0.5) is 5.00 Å². The van der Waals surface area contributed by atoms with Crippen molar-refractivity contribution < 1.29 is 19.1 Å². The van der Waals surface area contributed by atoms with Crippen molar-refractivity contribution in [2.45, 2.75) is 26.2 Å². The summed E-state index contributed by atoms with van der Waals surface area (Å²) in [4.78, 5) is 24.5. The lowest BCUT2D eigenvalue weighted by Gasteiger charge is -2.14. The van der Waals surface area contributed by atoms with Gasteiger partial charge in [-0.25, -0.2) is 0 Å². The highest BCUT2D eigenvalue weighted by atomic mass is 32.1. The van der Waals surface area contributed by atoms with Crippen LogP contribution in [0.3, 0.4) is 0 Å². The summed E-state index contributed by atoms with van der Waals surface area (Å²) in [6, 6.07) is 3.82. The molecule has 3 N–H and O–H groups in total. The number of nitrogens with two attached hydrogens (primary N) is 1. The van der Waals surface area contributed by atoms with E-state index in [1.54, 1.807) is 14.2 Å². The van der Waals surface area contributed by atoms with Crippen LogP contribution in [0.25, 0.3) is 10.4 Å². The van der Waals surface area contributed by atoms with E-state index < -0.39 is 5.91 Å². The van der Waals surface area contributed by atoms with Gasteiger partial charge in [0.2, 0.25) is 5.91 Å². The maximum absolute atomic E-state index is 12.0. The highest BCUT2D eigenvalue weighted by Gasteiger charge is 2.28. The number of thiophene rings is 1. The molecule has 0 radical (unpaired) electrons. The van der Waals surface area contributed by atoms with Gasteiger partial charge in [0.05, 0.1) is 19.8 Å². The third-order valence-corrected chi connectivity index (χ3v) is 5.42. The minimum Gasteiger partial charge on any atom is -0.497 e. The fraction of sp³-hybridized carbons (Fsp3) is 0.333. The van der Waals surface area contributed by atoms with Crippen LogP contribution >= 0.6 is 11.3 Å². The largest absolute Gasteiger partial charge is 0.497 e. The van der Waals surface area contributed by atoms with Crippen molar-refractivity contribution in [1.82, 2.24) is 0 Å². The summed E-state index contributed by atoms with van der Waals surface area (Å²) in [7, 11) is 3.23. The highest BCUT2D eigenvalue weighted by Crippen LogP contribution is 2.48. The monoisotopic (exact) mass is 360 g/mol. The summed E-state index contributed by atoms with van der Waals surface area (Å²) in [6.07, 6.45) is 2.43. The number of ether oxygens (including phenoxy) is 2. The number of hydrogen-bond donors (Lipinski definition) is 2. The Labute approximate surface area is 149 Å². The highest BCUT2D eigenvalue weighted by molar-refractivity contribution is 7.20. The maximum atomic E-state index is 12.0. The lowest BCUT2D eigenvalue weighted by atomic mass is 10.0. The van der Waals surface area contributed by atoms with E-state index in [1.807, 2.05) is 12.1 Å². The van der Waals surface area contributed by atoms with Gasteiger partial charge in [-0.05, 0) is 36.5 Å². The fourth-order valence-electron chi connectivity index (χ4n) is 3.25. The van der Waals surface area contributed by atoms with Crippen LogP contribution in [0.15, 0.2) is 12.1 Å². The molecule has 0 unspecified atom stereocenters. The molecule has 0 saturated heterocycles. The molecule has 0 saturated carbocycles. The maximum Gasteiger partial charge on any atom is 0.252 e. The van der Waals surface area contributed by atoms with Gasteiger partial charge >= 0.3 is 0 Å². The third kappa shape index (κ3) is 3.07. The van der Waals surface area contributed by atoms with E-state index in [0.717, 1.165) is 40.2 Å². The normalized spacial score (nSPS) is 12.6. The number of rotatable bonds is 4. The van der Waals surface area contributed by atoms with Crippen molar-refractivity contribution in [3.05, 3.63) is 28.8 Å². The number of methoxy groups -OCH3 is 2. The molecule has 6 nitrogen and oxygen atoms in total. The second-order valence-corrected chi connectivity index (χ2v) is 6.90. The summed E-state index contributed by atoms with van der Waals surface area (Å²) >= 11 is 1.36. The second kappa shape index (κ2) is 6.76. The Morgan fingerprint density at radius 1 is 1.20 bits per heavy atom. The summed E-state index contributed by atoms with van der Waals surface area (Å²) in [5.74, 6) is 0.648. The number of primary amides is 1. The molecule has 3 rings (SSSR count). The van der Waals surface area contributed by atoms with Crippen LogP contribution in [0.2, 0.25) is 0 Å². The molecule has 0 fully saturated rings. The lowest BCUT2D eigenvalue weighted by Crippen LogP contribution is -2.16. The van der Waals surface area contributed by atoms with Crippen LogP contribution < -0.4 is 20.5 Å². The molecule has 1 aliphatic rings. The van der Waals surface area contributed by atoms with Crippen molar-refractivity contribution in [2.24, 2.45) is 5.73 Å². The summed E-state index contributed by atoms with van der Waals surface area (Å²) in [5.41, 5.74) is 8.94. The van der Waals surface area contributed by atoms with E-state index in [0.29, 0.717) is 22.7 Å². The molecule has 2 amide bonds. The van der Waals surface area contributed by atoms with E-state index in [9.17, 15) is 9.59 Å². The van der Waals surface area contributed by atoms with E-state index in [4.69, 9.17) is 15.2 Å². The first kappa shape index (κ1) is 17.3. The summed E-state index contributed by atoms with van der Waals surface area (Å²) < 4.78 is 10.9. The van der Waals surface area contributed by atoms with E-state index in [-0.39, 0.29) is 5.91 Å². The number of fused-ring (bicyclic) bond motifs is 3. The first-order chi connectivity index (χ1) is 12.0. The molecule has 0 spiro atoms. The third-order valence-electron chi connectivity index (χ3n) is 4.26. The lowest BCUT2D eigenvalue weighted by molar-refractivity contribution is -0.114. The van der Waals surface area contributed by atoms with Crippen molar-refractivity contribution in [2.75, 3.05) is 19.5 Å². The van der Waals surface area contributed by atoms with Crippen molar-refractivity contribution >= 4 is 28.2 Å². The predicted octanol–water partition coefficient (Wildman–Crippen LogP) is 2.98. The molecule has 25 heavy (non-hydrogen) atoms. The number of benzene rings is 1. The zero-order valence-electron chi connectivity index (χ0n) is 14.4. The molecular weight excluding hydrogens is 340 g/mol. The Morgan fingerprint density at radius 2 is 1.96 bits per heavy atom. The molecule has 0 aliphatic heterocycles. The Balaban J connectivity index is 2.29. The Kier molecular flexibility index (Phi) is 4.67. The topological polar surface area (TPSA) is 90.7 Å². The molecule has 1 aliphatic carbocycles. The van der Waals surface area contributed by atoms with Gasteiger partial charge in [-0.1, -0.05) is 0 Å². The standard InChI is InChI=1S/C18H20N2O4S/c1-9(21)20-18-15(17(19)22)12-6-4-5-10-7-11(23-2)8-13(24-3)14(10)16(12)25-18/h7-8H,4-6H2,1-3H3,(H2,19,22)(H,20,21). The van der Waals surface area contributed by atoms with E-state index >= 15 is 0 Å². The Bertz CT molecular complexity index is 857. The molecular formula is C18H20N2O4S. The van der Waals surface area contributed by atoms with Crippen molar-refractivity contribution in [3.8, 4) is 21.9 Å². The first-order valence-corrected chi connectivity index (χ1v) is 8.76. The first-order valence-electron chi connectivity index (χ1n) is 7.94. The molecule has 0 atom stereocenters. The van der Waals surface area contributed by atoms with Crippen LogP contribution in [0.1, 0.15) is 34.8 Å². The molecule has 0 bridgehead atoms. The molecule has 1 aromatic carbocycles. The molecule has 1 heterocycles. The number of anilines is 1. The van der Waals surface area contributed by atoms with Gasteiger partial charge in [-0.15, -0.1) is 11.3 Å². The number of nitrogens with one attached hydrogen (secondary N) is 1.